The highest BCUT2D eigenvalue weighted by atomic mass is 32.1. The Morgan fingerprint density at radius 2 is 2.12 bits per heavy atom. The van der Waals surface area contributed by atoms with E-state index in [-0.39, 0.29) is 11.9 Å². The second kappa shape index (κ2) is 6.93. The molecule has 1 amide bonds. The van der Waals surface area contributed by atoms with Crippen molar-refractivity contribution < 1.29 is 4.79 Å². The molecule has 0 saturated carbocycles. The lowest BCUT2D eigenvalue weighted by molar-refractivity contribution is 0.0935. The average Bonchev–Trinajstić information content (AvgIpc) is 3.43. The standard InChI is InChI=1S/C18H16N6OS/c1-12(13-2-4-15(5-3-13)24-11-19-10-20-24)21-18(25)17-8-16(22-23-17)14-6-7-26-9-14/h2-12H,1H3,(H,21,25)(H,22,23)/t12-/m0/s1. The topological polar surface area (TPSA) is 88.5 Å². The number of nitrogens with one attached hydrogen (secondary N) is 2. The van der Waals surface area contributed by atoms with Crippen molar-refractivity contribution in [3.05, 3.63) is 71.1 Å². The predicted octanol–water partition coefficient (Wildman–Crippen LogP) is 3.21. The molecule has 3 aromatic heterocycles. The van der Waals surface area contributed by atoms with Crippen LogP contribution in [0.25, 0.3) is 16.9 Å². The first-order valence-corrected chi connectivity index (χ1v) is 8.99. The summed E-state index contributed by atoms with van der Waals surface area (Å²) in [5, 5.41) is 18.1. The summed E-state index contributed by atoms with van der Waals surface area (Å²) in [6.07, 6.45) is 3.13. The van der Waals surface area contributed by atoms with E-state index < -0.39 is 0 Å². The Balaban J connectivity index is 1.44. The van der Waals surface area contributed by atoms with Crippen molar-refractivity contribution in [2.24, 2.45) is 0 Å². The molecule has 0 bridgehead atoms. The Hall–Kier alpha value is -3.26. The lowest BCUT2D eigenvalue weighted by Gasteiger charge is -2.14. The molecule has 0 radical (unpaired) electrons. The first kappa shape index (κ1) is 16.2. The molecule has 4 rings (SSSR count). The van der Waals surface area contributed by atoms with Gasteiger partial charge in [-0.1, -0.05) is 12.1 Å². The number of aromatic amines is 1. The first-order valence-electron chi connectivity index (χ1n) is 8.04. The summed E-state index contributed by atoms with van der Waals surface area (Å²) in [6, 6.07) is 11.4. The van der Waals surface area contributed by atoms with Crippen LogP contribution in [0.5, 0.6) is 0 Å². The molecule has 0 aliphatic carbocycles. The van der Waals surface area contributed by atoms with Gasteiger partial charge in [-0.15, -0.1) is 0 Å². The van der Waals surface area contributed by atoms with Crippen LogP contribution >= 0.6 is 11.3 Å². The van der Waals surface area contributed by atoms with E-state index in [4.69, 9.17) is 0 Å². The van der Waals surface area contributed by atoms with Gasteiger partial charge in [0, 0.05) is 10.9 Å². The van der Waals surface area contributed by atoms with Crippen molar-refractivity contribution in [2.75, 3.05) is 0 Å². The monoisotopic (exact) mass is 364 g/mol. The van der Waals surface area contributed by atoms with Gasteiger partial charge in [0.05, 0.1) is 17.4 Å². The van der Waals surface area contributed by atoms with E-state index in [1.165, 1.54) is 6.33 Å². The quantitative estimate of drug-likeness (QED) is 0.569. The van der Waals surface area contributed by atoms with Crippen LogP contribution in [0.4, 0.5) is 0 Å². The van der Waals surface area contributed by atoms with Crippen LogP contribution in [0.2, 0.25) is 0 Å². The molecule has 1 atom stereocenters. The van der Waals surface area contributed by atoms with Crippen LogP contribution in [0.15, 0.2) is 59.8 Å². The van der Waals surface area contributed by atoms with Crippen LogP contribution in [0.1, 0.15) is 29.0 Å². The number of carbonyl (C=O) groups excluding carboxylic acids is 1. The number of thiophene rings is 1. The third kappa shape index (κ3) is 3.27. The van der Waals surface area contributed by atoms with Gasteiger partial charge in [-0.05, 0) is 42.1 Å². The summed E-state index contributed by atoms with van der Waals surface area (Å²) >= 11 is 1.60. The van der Waals surface area contributed by atoms with Crippen molar-refractivity contribution in [1.82, 2.24) is 30.3 Å². The maximum Gasteiger partial charge on any atom is 0.269 e. The summed E-state index contributed by atoms with van der Waals surface area (Å²) in [4.78, 5) is 16.4. The summed E-state index contributed by atoms with van der Waals surface area (Å²) in [5.41, 5.74) is 4.12. The van der Waals surface area contributed by atoms with Crippen LogP contribution in [-0.2, 0) is 0 Å². The molecule has 0 saturated heterocycles. The number of carbonyl (C=O) groups is 1. The number of benzene rings is 1. The molecule has 0 aliphatic rings. The molecule has 7 nitrogen and oxygen atoms in total. The fourth-order valence-electron chi connectivity index (χ4n) is 2.61. The second-order valence-corrected chi connectivity index (χ2v) is 6.59. The zero-order valence-corrected chi connectivity index (χ0v) is 14.8. The van der Waals surface area contributed by atoms with Gasteiger partial charge in [0.2, 0.25) is 0 Å². The van der Waals surface area contributed by atoms with Gasteiger partial charge in [-0.2, -0.15) is 21.5 Å². The number of H-pyrrole nitrogens is 1. The molecule has 0 unspecified atom stereocenters. The Labute approximate surface area is 153 Å². The third-order valence-corrected chi connectivity index (χ3v) is 4.75. The van der Waals surface area contributed by atoms with Crippen molar-refractivity contribution in [3.63, 3.8) is 0 Å². The van der Waals surface area contributed by atoms with Gasteiger partial charge in [0.25, 0.3) is 5.91 Å². The van der Waals surface area contributed by atoms with E-state index in [1.807, 2.05) is 48.0 Å². The molecule has 0 spiro atoms. The number of hydrogen-bond donors (Lipinski definition) is 2. The van der Waals surface area contributed by atoms with E-state index in [1.54, 1.807) is 28.4 Å². The molecular weight excluding hydrogens is 348 g/mol. The second-order valence-electron chi connectivity index (χ2n) is 5.81. The van der Waals surface area contributed by atoms with E-state index >= 15 is 0 Å². The van der Waals surface area contributed by atoms with Crippen molar-refractivity contribution in [1.29, 1.82) is 0 Å². The largest absolute Gasteiger partial charge is 0.344 e. The molecular formula is C18H16N6OS. The Bertz CT molecular complexity index is 989. The van der Waals surface area contributed by atoms with E-state index in [0.29, 0.717) is 5.69 Å². The smallest absolute Gasteiger partial charge is 0.269 e. The molecule has 8 heteroatoms. The minimum absolute atomic E-state index is 0.139. The molecule has 130 valence electrons. The summed E-state index contributed by atoms with van der Waals surface area (Å²) < 4.78 is 1.68. The average molecular weight is 364 g/mol. The summed E-state index contributed by atoms with van der Waals surface area (Å²) in [5.74, 6) is -0.188. The zero-order valence-electron chi connectivity index (χ0n) is 14.0. The lowest BCUT2D eigenvalue weighted by Crippen LogP contribution is -2.26. The predicted molar refractivity (Wildman–Crippen MR) is 99.1 cm³/mol. The molecule has 3 heterocycles. The Morgan fingerprint density at radius 3 is 2.81 bits per heavy atom. The van der Waals surface area contributed by atoms with Crippen molar-refractivity contribution in [3.8, 4) is 16.9 Å². The normalized spacial score (nSPS) is 12.0. The van der Waals surface area contributed by atoms with Gasteiger partial charge < -0.3 is 5.32 Å². The maximum atomic E-state index is 12.5. The summed E-state index contributed by atoms with van der Waals surface area (Å²) in [7, 11) is 0. The van der Waals surface area contributed by atoms with Crippen LogP contribution in [0, 0.1) is 0 Å². The molecule has 2 N–H and O–H groups in total. The molecule has 1 aromatic carbocycles. The number of amides is 1. The molecule has 26 heavy (non-hydrogen) atoms. The Kier molecular flexibility index (Phi) is 4.32. The van der Waals surface area contributed by atoms with Gasteiger partial charge in [-0.25, -0.2) is 9.67 Å². The van der Waals surface area contributed by atoms with Crippen molar-refractivity contribution in [2.45, 2.75) is 13.0 Å². The molecule has 0 fully saturated rings. The highest BCUT2D eigenvalue weighted by Crippen LogP contribution is 2.21. The third-order valence-electron chi connectivity index (χ3n) is 4.06. The summed E-state index contributed by atoms with van der Waals surface area (Å²) in [6.45, 7) is 1.94. The van der Waals surface area contributed by atoms with Crippen LogP contribution in [0.3, 0.4) is 0 Å². The molecule has 4 aromatic rings. The maximum absolute atomic E-state index is 12.5. The minimum Gasteiger partial charge on any atom is -0.344 e. The molecule has 0 aliphatic heterocycles. The highest BCUT2D eigenvalue weighted by molar-refractivity contribution is 7.08. The highest BCUT2D eigenvalue weighted by Gasteiger charge is 2.15. The van der Waals surface area contributed by atoms with Crippen LogP contribution < -0.4 is 5.32 Å². The number of aromatic nitrogens is 5. The number of hydrogen-bond acceptors (Lipinski definition) is 5. The minimum atomic E-state index is -0.188. The van der Waals surface area contributed by atoms with Gasteiger partial charge >= 0.3 is 0 Å². The van der Waals surface area contributed by atoms with Gasteiger partial charge in [-0.3, -0.25) is 9.89 Å². The zero-order chi connectivity index (χ0) is 17.9. The first-order chi connectivity index (χ1) is 12.7. The van der Waals surface area contributed by atoms with Gasteiger partial charge in [0.1, 0.15) is 18.3 Å². The Morgan fingerprint density at radius 1 is 1.27 bits per heavy atom. The lowest BCUT2D eigenvalue weighted by atomic mass is 10.1. The fourth-order valence-corrected chi connectivity index (χ4v) is 3.26. The van der Waals surface area contributed by atoms with Gasteiger partial charge in [0.15, 0.2) is 0 Å². The van der Waals surface area contributed by atoms with Crippen LogP contribution in [-0.4, -0.2) is 30.9 Å². The van der Waals surface area contributed by atoms with E-state index in [0.717, 1.165) is 22.5 Å². The van der Waals surface area contributed by atoms with E-state index in [9.17, 15) is 4.79 Å². The SMILES string of the molecule is C[C@H](NC(=O)c1cc(-c2ccsc2)n[nH]1)c1ccc(-n2cncn2)cc1. The van der Waals surface area contributed by atoms with Crippen molar-refractivity contribution >= 4 is 17.2 Å². The number of rotatable bonds is 5. The number of nitrogens with zero attached hydrogens (tertiary/aromatic N) is 4. The van der Waals surface area contributed by atoms with E-state index in [2.05, 4.69) is 25.6 Å². The fraction of sp³-hybridized carbons (Fsp3) is 0.111.